The van der Waals surface area contributed by atoms with E-state index in [1.807, 2.05) is 18.2 Å². The summed E-state index contributed by atoms with van der Waals surface area (Å²) in [5, 5.41) is 4.65. The second-order valence-electron chi connectivity index (χ2n) is 7.33. The van der Waals surface area contributed by atoms with E-state index in [1.54, 1.807) is 21.7 Å². The fourth-order valence-corrected chi connectivity index (χ4v) is 3.93. The van der Waals surface area contributed by atoms with Crippen LogP contribution >= 0.6 is 0 Å². The predicted octanol–water partition coefficient (Wildman–Crippen LogP) is 3.14. The van der Waals surface area contributed by atoms with Crippen molar-refractivity contribution in [1.29, 1.82) is 0 Å². The Morgan fingerprint density at radius 2 is 1.83 bits per heavy atom. The maximum Gasteiger partial charge on any atom is 0.274 e. The molecule has 5 nitrogen and oxygen atoms in total. The molecule has 1 amide bonds. The van der Waals surface area contributed by atoms with Gasteiger partial charge in [0.1, 0.15) is 5.82 Å². The summed E-state index contributed by atoms with van der Waals surface area (Å²) in [6.07, 6.45) is 3.48. The Bertz CT molecular complexity index is 982. The molecule has 0 atom stereocenters. The van der Waals surface area contributed by atoms with Gasteiger partial charge in [-0.2, -0.15) is 5.10 Å². The molecule has 1 heterocycles. The van der Waals surface area contributed by atoms with Crippen LogP contribution in [0.5, 0.6) is 0 Å². The molecule has 0 fully saturated rings. The summed E-state index contributed by atoms with van der Waals surface area (Å²) < 4.78 is 15.1. The number of halogens is 1. The van der Waals surface area contributed by atoms with E-state index in [1.165, 1.54) is 17.7 Å². The van der Waals surface area contributed by atoms with Crippen molar-refractivity contribution in [2.45, 2.75) is 25.7 Å². The van der Waals surface area contributed by atoms with E-state index in [0.717, 1.165) is 42.6 Å². The molecular weight excluding hydrogens is 367 g/mol. The fraction of sp³-hybridized carbons (Fsp3) is 0.304. The highest BCUT2D eigenvalue weighted by Crippen LogP contribution is 2.28. The van der Waals surface area contributed by atoms with E-state index in [4.69, 9.17) is 5.73 Å². The molecule has 4 rings (SSSR count). The molecule has 2 N–H and O–H groups in total. The number of amides is 1. The Balaban J connectivity index is 1.61. The molecule has 0 radical (unpaired) electrons. The van der Waals surface area contributed by atoms with Crippen molar-refractivity contribution in [3.05, 3.63) is 82.9 Å². The first-order valence-corrected chi connectivity index (χ1v) is 10.1. The lowest BCUT2D eigenvalue weighted by atomic mass is 10.1. The summed E-state index contributed by atoms with van der Waals surface area (Å²) in [6.45, 7) is 1.49. The smallest absolute Gasteiger partial charge is 0.274 e. The molecule has 0 saturated heterocycles. The van der Waals surface area contributed by atoms with Crippen LogP contribution in [0, 0.1) is 5.82 Å². The molecule has 150 valence electrons. The standard InChI is InChI=1S/C23H25FN4O/c24-18-9-11-19(12-10-18)28-21-8-4-7-20(21)22(26-28)23(29)27(16-14-25)15-13-17-5-2-1-3-6-17/h1-3,5-6,9-12H,4,7-8,13-16,25H2. The number of fused-ring (bicyclic) bond motifs is 1. The summed E-state index contributed by atoms with van der Waals surface area (Å²) in [5.41, 5.74) is 10.3. The van der Waals surface area contributed by atoms with Gasteiger partial charge in [-0.1, -0.05) is 30.3 Å². The molecule has 0 saturated carbocycles. The van der Waals surface area contributed by atoms with Gasteiger partial charge in [0.05, 0.1) is 5.69 Å². The monoisotopic (exact) mass is 392 g/mol. The van der Waals surface area contributed by atoms with E-state index in [2.05, 4.69) is 17.2 Å². The molecule has 2 aromatic carbocycles. The topological polar surface area (TPSA) is 64.2 Å². The summed E-state index contributed by atoms with van der Waals surface area (Å²) in [4.78, 5) is 15.1. The van der Waals surface area contributed by atoms with Crippen molar-refractivity contribution in [1.82, 2.24) is 14.7 Å². The lowest BCUT2D eigenvalue weighted by Gasteiger charge is -2.21. The molecule has 6 heteroatoms. The van der Waals surface area contributed by atoms with Crippen LogP contribution < -0.4 is 5.73 Å². The number of benzene rings is 2. The van der Waals surface area contributed by atoms with Gasteiger partial charge < -0.3 is 10.6 Å². The molecule has 0 bridgehead atoms. The first-order valence-electron chi connectivity index (χ1n) is 10.1. The fourth-order valence-electron chi connectivity index (χ4n) is 3.93. The largest absolute Gasteiger partial charge is 0.336 e. The molecule has 3 aromatic rings. The average molecular weight is 392 g/mol. The van der Waals surface area contributed by atoms with Crippen LogP contribution in [0.3, 0.4) is 0 Å². The molecule has 0 spiro atoms. The Morgan fingerprint density at radius 3 is 2.55 bits per heavy atom. The van der Waals surface area contributed by atoms with Crippen LogP contribution in [0.2, 0.25) is 0 Å². The second kappa shape index (κ2) is 8.57. The van der Waals surface area contributed by atoms with Crippen molar-refractivity contribution in [2.75, 3.05) is 19.6 Å². The van der Waals surface area contributed by atoms with Gasteiger partial charge in [0.15, 0.2) is 5.69 Å². The van der Waals surface area contributed by atoms with E-state index in [-0.39, 0.29) is 11.7 Å². The minimum absolute atomic E-state index is 0.0783. The van der Waals surface area contributed by atoms with Gasteiger partial charge in [0.2, 0.25) is 0 Å². The highest BCUT2D eigenvalue weighted by Gasteiger charge is 2.29. The zero-order valence-electron chi connectivity index (χ0n) is 16.4. The van der Waals surface area contributed by atoms with Gasteiger partial charge in [-0.15, -0.1) is 0 Å². The normalized spacial score (nSPS) is 12.8. The summed E-state index contributed by atoms with van der Waals surface area (Å²) in [6, 6.07) is 16.3. The van der Waals surface area contributed by atoms with Crippen LogP contribution in [0.1, 0.15) is 33.7 Å². The van der Waals surface area contributed by atoms with Crippen LogP contribution in [0.4, 0.5) is 4.39 Å². The molecule has 1 aliphatic rings. The quantitative estimate of drug-likeness (QED) is 0.672. The Morgan fingerprint density at radius 1 is 1.07 bits per heavy atom. The number of aromatic nitrogens is 2. The number of rotatable bonds is 7. The zero-order valence-corrected chi connectivity index (χ0v) is 16.4. The van der Waals surface area contributed by atoms with Gasteiger partial charge in [-0.25, -0.2) is 9.07 Å². The van der Waals surface area contributed by atoms with E-state index >= 15 is 0 Å². The molecule has 29 heavy (non-hydrogen) atoms. The van der Waals surface area contributed by atoms with E-state index < -0.39 is 0 Å². The number of nitrogens with zero attached hydrogens (tertiary/aromatic N) is 3. The zero-order chi connectivity index (χ0) is 20.2. The average Bonchev–Trinajstić information content (AvgIpc) is 3.35. The van der Waals surface area contributed by atoms with Gasteiger partial charge in [-0.3, -0.25) is 4.79 Å². The molecular formula is C23H25FN4O. The van der Waals surface area contributed by atoms with Gasteiger partial charge in [-0.05, 0) is 55.5 Å². The maximum atomic E-state index is 13.3. The van der Waals surface area contributed by atoms with Crippen LogP contribution in [0.25, 0.3) is 5.69 Å². The van der Waals surface area contributed by atoms with Crippen LogP contribution in [-0.4, -0.2) is 40.2 Å². The highest BCUT2D eigenvalue weighted by atomic mass is 19.1. The Hall–Kier alpha value is -2.99. The lowest BCUT2D eigenvalue weighted by Crippen LogP contribution is -2.37. The highest BCUT2D eigenvalue weighted by molar-refractivity contribution is 5.94. The summed E-state index contributed by atoms with van der Waals surface area (Å²) in [7, 11) is 0. The first-order chi connectivity index (χ1) is 14.2. The molecule has 0 unspecified atom stereocenters. The van der Waals surface area contributed by atoms with Gasteiger partial charge in [0, 0.05) is 30.9 Å². The van der Waals surface area contributed by atoms with Crippen molar-refractivity contribution in [3.8, 4) is 5.69 Å². The second-order valence-corrected chi connectivity index (χ2v) is 7.33. The van der Waals surface area contributed by atoms with Crippen molar-refractivity contribution in [2.24, 2.45) is 5.73 Å². The number of nitrogens with two attached hydrogens (primary N) is 1. The van der Waals surface area contributed by atoms with Gasteiger partial charge >= 0.3 is 0 Å². The number of carbonyl (C=O) groups excluding carboxylic acids is 1. The number of carbonyl (C=O) groups is 1. The van der Waals surface area contributed by atoms with E-state index in [9.17, 15) is 9.18 Å². The Labute approximate surface area is 169 Å². The molecule has 1 aliphatic carbocycles. The third kappa shape index (κ3) is 4.07. The number of hydrogen-bond donors (Lipinski definition) is 1. The van der Waals surface area contributed by atoms with Crippen molar-refractivity contribution >= 4 is 5.91 Å². The first kappa shape index (κ1) is 19.3. The molecule has 0 aliphatic heterocycles. The minimum atomic E-state index is -0.288. The van der Waals surface area contributed by atoms with Crippen LogP contribution in [-0.2, 0) is 19.3 Å². The summed E-state index contributed by atoms with van der Waals surface area (Å²) >= 11 is 0. The predicted molar refractivity (Wildman–Crippen MR) is 111 cm³/mol. The maximum absolute atomic E-state index is 13.3. The van der Waals surface area contributed by atoms with Crippen molar-refractivity contribution < 1.29 is 9.18 Å². The summed E-state index contributed by atoms with van der Waals surface area (Å²) in [5.74, 6) is -0.366. The lowest BCUT2D eigenvalue weighted by molar-refractivity contribution is 0.0754. The number of hydrogen-bond acceptors (Lipinski definition) is 3. The molecule has 1 aromatic heterocycles. The Kier molecular flexibility index (Phi) is 5.71. The third-order valence-electron chi connectivity index (χ3n) is 5.40. The minimum Gasteiger partial charge on any atom is -0.336 e. The van der Waals surface area contributed by atoms with Crippen LogP contribution in [0.15, 0.2) is 54.6 Å². The van der Waals surface area contributed by atoms with Crippen molar-refractivity contribution in [3.63, 3.8) is 0 Å². The SMILES string of the molecule is NCCN(CCc1ccccc1)C(=O)c1nn(-c2ccc(F)cc2)c2c1CCC2. The third-order valence-corrected chi connectivity index (χ3v) is 5.40. The van der Waals surface area contributed by atoms with E-state index in [0.29, 0.717) is 25.3 Å². The van der Waals surface area contributed by atoms with Gasteiger partial charge in [0.25, 0.3) is 5.91 Å².